The average Bonchev–Trinajstić information content (AvgIpc) is 3.03. The fraction of sp³-hybridized carbons (Fsp3) is 0.316. The lowest BCUT2D eigenvalue weighted by atomic mass is 10.1. The van der Waals surface area contributed by atoms with Crippen molar-refractivity contribution in [1.29, 1.82) is 0 Å². The van der Waals surface area contributed by atoms with Crippen LogP contribution in [0.5, 0.6) is 5.75 Å². The predicted molar refractivity (Wildman–Crippen MR) is 104 cm³/mol. The highest BCUT2D eigenvalue weighted by Gasteiger charge is 2.22. The molecule has 0 aliphatic heterocycles. The largest absolute Gasteiger partial charge is 0.506 e. The summed E-state index contributed by atoms with van der Waals surface area (Å²) in [5.41, 5.74) is 0.689. The summed E-state index contributed by atoms with van der Waals surface area (Å²) in [4.78, 5) is 29.8. The van der Waals surface area contributed by atoms with Gasteiger partial charge in [0, 0.05) is 17.3 Å². The lowest BCUT2D eigenvalue weighted by molar-refractivity contribution is 0.102. The summed E-state index contributed by atoms with van der Waals surface area (Å²) in [7, 11) is 0. The Kier molecular flexibility index (Phi) is 5.37. The number of nitrogens with one attached hydrogen (secondary N) is 1. The van der Waals surface area contributed by atoms with Crippen LogP contribution in [0.25, 0.3) is 10.9 Å². The van der Waals surface area contributed by atoms with Gasteiger partial charge in [-0.1, -0.05) is 31.9 Å². The molecule has 2 N–H and O–H groups in total. The van der Waals surface area contributed by atoms with E-state index in [1.165, 1.54) is 11.3 Å². The third-order valence-corrected chi connectivity index (χ3v) is 5.07. The van der Waals surface area contributed by atoms with Crippen LogP contribution in [0.3, 0.4) is 0 Å². The van der Waals surface area contributed by atoms with E-state index < -0.39 is 11.5 Å². The zero-order chi connectivity index (χ0) is 18.7. The molecule has 1 amide bonds. The summed E-state index contributed by atoms with van der Waals surface area (Å²) in [6.07, 6.45) is 2.85. The molecule has 2 aromatic heterocycles. The van der Waals surface area contributed by atoms with Gasteiger partial charge in [0.2, 0.25) is 0 Å². The fourth-order valence-corrected chi connectivity index (χ4v) is 3.59. The van der Waals surface area contributed by atoms with Crippen LogP contribution >= 0.6 is 11.3 Å². The van der Waals surface area contributed by atoms with Crippen LogP contribution in [0.4, 0.5) is 5.13 Å². The molecule has 3 aromatic rings. The van der Waals surface area contributed by atoms with Crippen molar-refractivity contribution in [1.82, 2.24) is 9.55 Å². The summed E-state index contributed by atoms with van der Waals surface area (Å²) < 4.78 is 1.58. The predicted octanol–water partition coefficient (Wildman–Crippen LogP) is 3.91. The van der Waals surface area contributed by atoms with E-state index in [-0.39, 0.29) is 11.3 Å². The van der Waals surface area contributed by atoms with Crippen molar-refractivity contribution in [3.05, 3.63) is 51.3 Å². The number of hydrogen-bond acceptors (Lipinski definition) is 5. The van der Waals surface area contributed by atoms with Crippen LogP contribution in [-0.4, -0.2) is 20.6 Å². The first-order valence-corrected chi connectivity index (χ1v) is 9.49. The number of carbonyl (C=O) groups is 1. The van der Waals surface area contributed by atoms with Crippen LogP contribution in [-0.2, 0) is 6.54 Å². The van der Waals surface area contributed by atoms with E-state index >= 15 is 0 Å². The van der Waals surface area contributed by atoms with Gasteiger partial charge in [-0.3, -0.25) is 14.9 Å². The number of thiazole rings is 1. The number of hydrogen-bond donors (Lipinski definition) is 2. The van der Waals surface area contributed by atoms with Crippen molar-refractivity contribution >= 4 is 33.3 Å². The fourth-order valence-electron chi connectivity index (χ4n) is 2.91. The molecular formula is C19H21N3O3S. The van der Waals surface area contributed by atoms with Crippen LogP contribution < -0.4 is 10.9 Å². The van der Waals surface area contributed by atoms with Gasteiger partial charge in [-0.15, -0.1) is 11.3 Å². The second-order valence-corrected chi connectivity index (χ2v) is 7.01. The molecule has 2 heterocycles. The standard InChI is InChI=1S/C19H21N3O3S/c1-3-4-7-10-22-14-9-6-5-8-13(14)16(23)15(18(22)25)17(24)21-19-20-12(2)11-26-19/h5-6,8-9,11,23H,3-4,7,10H2,1-2H3,(H,20,21,24). The van der Waals surface area contributed by atoms with Crippen LogP contribution in [0, 0.1) is 6.92 Å². The Hall–Kier alpha value is -2.67. The van der Waals surface area contributed by atoms with Gasteiger partial charge in [0.05, 0.1) is 11.2 Å². The van der Waals surface area contributed by atoms with Gasteiger partial charge in [-0.05, 0) is 25.5 Å². The highest BCUT2D eigenvalue weighted by molar-refractivity contribution is 7.13. The number of benzene rings is 1. The topological polar surface area (TPSA) is 84.2 Å². The first kappa shape index (κ1) is 18.1. The average molecular weight is 371 g/mol. The molecule has 0 fully saturated rings. The van der Waals surface area contributed by atoms with Crippen molar-refractivity contribution in [3.63, 3.8) is 0 Å². The number of rotatable bonds is 6. The maximum absolute atomic E-state index is 13.0. The van der Waals surface area contributed by atoms with Crippen molar-refractivity contribution in [3.8, 4) is 5.75 Å². The van der Waals surface area contributed by atoms with Gasteiger partial charge < -0.3 is 9.67 Å². The van der Waals surface area contributed by atoms with E-state index in [0.717, 1.165) is 25.0 Å². The van der Waals surface area contributed by atoms with E-state index in [2.05, 4.69) is 17.2 Å². The Bertz CT molecular complexity index is 1010. The molecule has 6 nitrogen and oxygen atoms in total. The molecule has 0 saturated carbocycles. The number of aryl methyl sites for hydroxylation is 2. The van der Waals surface area contributed by atoms with Gasteiger partial charge >= 0.3 is 0 Å². The monoisotopic (exact) mass is 371 g/mol. The van der Waals surface area contributed by atoms with E-state index in [1.54, 1.807) is 28.1 Å². The Labute approximate surface area is 155 Å². The number of aromatic nitrogens is 2. The number of nitrogens with zero attached hydrogens (tertiary/aromatic N) is 2. The molecule has 0 spiro atoms. The van der Waals surface area contributed by atoms with Gasteiger partial charge in [-0.2, -0.15) is 0 Å². The first-order valence-electron chi connectivity index (χ1n) is 8.61. The molecule has 0 unspecified atom stereocenters. The molecule has 0 saturated heterocycles. The third-order valence-electron chi connectivity index (χ3n) is 4.20. The zero-order valence-electron chi connectivity index (χ0n) is 14.8. The van der Waals surface area contributed by atoms with E-state index in [4.69, 9.17) is 0 Å². The molecule has 0 aliphatic rings. The van der Waals surface area contributed by atoms with E-state index in [0.29, 0.717) is 22.6 Å². The molecule has 26 heavy (non-hydrogen) atoms. The SMILES string of the molecule is CCCCCn1c(=O)c(C(=O)Nc2nc(C)cs2)c(O)c2ccccc21. The van der Waals surface area contributed by atoms with Crippen molar-refractivity contribution < 1.29 is 9.90 Å². The maximum Gasteiger partial charge on any atom is 0.267 e. The zero-order valence-corrected chi connectivity index (χ0v) is 15.6. The molecule has 0 bridgehead atoms. The van der Waals surface area contributed by atoms with E-state index in [9.17, 15) is 14.7 Å². The second kappa shape index (κ2) is 7.70. The first-order chi connectivity index (χ1) is 12.5. The Balaban J connectivity index is 2.09. The van der Waals surface area contributed by atoms with Crippen molar-refractivity contribution in [2.24, 2.45) is 0 Å². The highest BCUT2D eigenvalue weighted by Crippen LogP contribution is 2.27. The normalized spacial score (nSPS) is 11.0. The lowest BCUT2D eigenvalue weighted by Crippen LogP contribution is -2.30. The number of carbonyl (C=O) groups excluding carboxylic acids is 1. The molecule has 0 aliphatic carbocycles. The third kappa shape index (κ3) is 3.48. The number of aromatic hydroxyl groups is 1. The summed E-state index contributed by atoms with van der Waals surface area (Å²) in [5.74, 6) is -0.931. The molecule has 0 radical (unpaired) electrons. The lowest BCUT2D eigenvalue weighted by Gasteiger charge is -2.14. The quantitative estimate of drug-likeness (QED) is 0.643. The minimum atomic E-state index is -0.642. The smallest absolute Gasteiger partial charge is 0.267 e. The van der Waals surface area contributed by atoms with Crippen molar-refractivity contribution in [2.45, 2.75) is 39.7 Å². The van der Waals surface area contributed by atoms with Crippen LogP contribution in [0.1, 0.15) is 42.2 Å². The molecule has 0 atom stereocenters. The van der Waals surface area contributed by atoms with Gasteiger partial charge in [0.15, 0.2) is 5.13 Å². The number of para-hydroxylation sites is 1. The number of pyridine rings is 1. The molecule has 3 rings (SSSR count). The Morgan fingerprint density at radius 3 is 2.77 bits per heavy atom. The second-order valence-electron chi connectivity index (χ2n) is 6.15. The Morgan fingerprint density at radius 2 is 2.08 bits per heavy atom. The number of unbranched alkanes of at least 4 members (excludes halogenated alkanes) is 2. The van der Waals surface area contributed by atoms with Crippen LogP contribution in [0.15, 0.2) is 34.4 Å². The summed E-state index contributed by atoms with van der Waals surface area (Å²) in [6.45, 7) is 4.41. The molecule has 7 heteroatoms. The van der Waals surface area contributed by atoms with Crippen molar-refractivity contribution in [2.75, 3.05) is 5.32 Å². The number of fused-ring (bicyclic) bond motifs is 1. The Morgan fingerprint density at radius 1 is 1.31 bits per heavy atom. The summed E-state index contributed by atoms with van der Waals surface area (Å²) >= 11 is 1.28. The molecular weight excluding hydrogens is 350 g/mol. The summed E-state index contributed by atoms with van der Waals surface area (Å²) in [5, 5.41) is 15.9. The van der Waals surface area contributed by atoms with E-state index in [1.807, 2.05) is 13.0 Å². The minimum absolute atomic E-state index is 0.243. The number of amides is 1. The minimum Gasteiger partial charge on any atom is -0.506 e. The maximum atomic E-state index is 13.0. The number of anilines is 1. The highest BCUT2D eigenvalue weighted by atomic mass is 32.1. The molecule has 136 valence electrons. The van der Waals surface area contributed by atoms with Crippen LogP contribution in [0.2, 0.25) is 0 Å². The molecule has 1 aromatic carbocycles. The van der Waals surface area contributed by atoms with Gasteiger partial charge in [0.25, 0.3) is 11.5 Å². The van der Waals surface area contributed by atoms with Gasteiger partial charge in [0.1, 0.15) is 11.3 Å². The van der Waals surface area contributed by atoms with Gasteiger partial charge in [-0.25, -0.2) is 4.98 Å². The summed E-state index contributed by atoms with van der Waals surface area (Å²) in [6, 6.07) is 7.09.